The number of ether oxygens (including phenoxy) is 2. The van der Waals surface area contributed by atoms with Gasteiger partial charge in [-0.3, -0.25) is 9.52 Å². The Morgan fingerprint density at radius 3 is 2.63 bits per heavy atom. The molecule has 1 amide bonds. The molecule has 1 N–H and O–H groups in total. The summed E-state index contributed by atoms with van der Waals surface area (Å²) in [5, 5.41) is 0. The van der Waals surface area contributed by atoms with Crippen molar-refractivity contribution in [1.29, 1.82) is 0 Å². The van der Waals surface area contributed by atoms with Crippen molar-refractivity contribution in [3.63, 3.8) is 0 Å². The molecule has 1 fully saturated rings. The molecule has 2 aliphatic heterocycles. The van der Waals surface area contributed by atoms with Crippen LogP contribution in [0.2, 0.25) is 0 Å². The molecule has 0 bridgehead atoms. The van der Waals surface area contributed by atoms with Crippen LogP contribution in [-0.2, 0) is 21.2 Å². The summed E-state index contributed by atoms with van der Waals surface area (Å²) in [7, 11) is -3.79. The average molecular weight is 431 g/mol. The van der Waals surface area contributed by atoms with Crippen molar-refractivity contribution >= 4 is 21.6 Å². The molecule has 2 heterocycles. The number of sulfonamides is 1. The van der Waals surface area contributed by atoms with Gasteiger partial charge in [-0.15, -0.1) is 0 Å². The molecular weight excluding hydrogens is 404 g/mol. The van der Waals surface area contributed by atoms with E-state index in [4.69, 9.17) is 9.47 Å². The van der Waals surface area contributed by atoms with E-state index >= 15 is 0 Å². The van der Waals surface area contributed by atoms with E-state index in [-0.39, 0.29) is 17.4 Å². The van der Waals surface area contributed by atoms with Gasteiger partial charge >= 0.3 is 0 Å². The van der Waals surface area contributed by atoms with Gasteiger partial charge in [-0.25, -0.2) is 8.42 Å². The van der Waals surface area contributed by atoms with Crippen molar-refractivity contribution in [1.82, 2.24) is 4.90 Å². The minimum Gasteiger partial charge on any atom is -0.485 e. The molecule has 7 nitrogen and oxygen atoms in total. The highest BCUT2D eigenvalue weighted by Crippen LogP contribution is 2.35. The van der Waals surface area contributed by atoms with Crippen LogP contribution in [0.5, 0.6) is 11.5 Å². The summed E-state index contributed by atoms with van der Waals surface area (Å²) in [4.78, 5) is 14.6. The standard InChI is InChI=1S/C22H26N2O5S/c1-2-16-8-4-5-9-18(16)23-30(26,27)17-10-11-19-20(14-17)28-15-21(29-19)22(25)24-12-6-3-7-13-24/h4-5,8-11,14,21,23H,2-3,6-7,12-13,15H2,1H3/t21-/m0/s1. The Hall–Kier alpha value is -2.74. The molecule has 1 saturated heterocycles. The molecule has 2 aromatic rings. The van der Waals surface area contributed by atoms with Crippen LogP contribution in [0.1, 0.15) is 31.7 Å². The molecule has 0 radical (unpaired) electrons. The van der Waals surface area contributed by atoms with E-state index in [1.165, 1.54) is 12.1 Å². The van der Waals surface area contributed by atoms with Gasteiger partial charge in [0.25, 0.3) is 15.9 Å². The van der Waals surface area contributed by atoms with E-state index in [9.17, 15) is 13.2 Å². The van der Waals surface area contributed by atoms with Gasteiger partial charge in [-0.05, 0) is 49.4 Å². The lowest BCUT2D eigenvalue weighted by molar-refractivity contribution is -0.142. The SMILES string of the molecule is CCc1ccccc1NS(=O)(=O)c1ccc2c(c1)OC[C@@H](C(=O)N1CCCCC1)O2. The van der Waals surface area contributed by atoms with Crippen molar-refractivity contribution in [2.45, 2.75) is 43.6 Å². The monoisotopic (exact) mass is 430 g/mol. The zero-order valence-electron chi connectivity index (χ0n) is 17.0. The first-order valence-electron chi connectivity index (χ1n) is 10.3. The number of piperidine rings is 1. The van der Waals surface area contributed by atoms with Crippen molar-refractivity contribution in [2.24, 2.45) is 0 Å². The maximum atomic E-state index is 12.9. The number of fused-ring (bicyclic) bond motifs is 1. The Balaban J connectivity index is 1.50. The number of benzene rings is 2. The van der Waals surface area contributed by atoms with Crippen LogP contribution < -0.4 is 14.2 Å². The topological polar surface area (TPSA) is 84.9 Å². The molecule has 1 atom stereocenters. The first-order valence-corrected chi connectivity index (χ1v) is 11.8. The van der Waals surface area contributed by atoms with E-state index < -0.39 is 16.1 Å². The number of nitrogens with zero attached hydrogens (tertiary/aromatic N) is 1. The summed E-state index contributed by atoms with van der Waals surface area (Å²) in [5.41, 5.74) is 1.47. The first-order chi connectivity index (χ1) is 14.5. The number of hydrogen-bond donors (Lipinski definition) is 1. The number of anilines is 1. The molecule has 2 aromatic carbocycles. The third-order valence-corrected chi connectivity index (χ3v) is 6.83. The van der Waals surface area contributed by atoms with Crippen LogP contribution in [0, 0.1) is 0 Å². The molecule has 0 unspecified atom stereocenters. The minimum atomic E-state index is -3.79. The van der Waals surface area contributed by atoms with Crippen LogP contribution >= 0.6 is 0 Å². The van der Waals surface area contributed by atoms with Crippen LogP contribution in [0.3, 0.4) is 0 Å². The normalized spacial score (nSPS) is 18.7. The Bertz CT molecular complexity index is 1030. The number of rotatable bonds is 5. The molecule has 30 heavy (non-hydrogen) atoms. The van der Waals surface area contributed by atoms with Gasteiger partial charge in [-0.1, -0.05) is 25.1 Å². The smallest absolute Gasteiger partial charge is 0.267 e. The molecule has 4 rings (SSSR count). The number of aryl methyl sites for hydroxylation is 1. The lowest BCUT2D eigenvalue weighted by Crippen LogP contribution is -2.48. The third-order valence-electron chi connectivity index (χ3n) is 5.47. The van der Waals surface area contributed by atoms with Gasteiger partial charge in [0.05, 0.1) is 10.6 Å². The highest BCUT2D eigenvalue weighted by Gasteiger charge is 2.32. The second-order valence-electron chi connectivity index (χ2n) is 7.53. The molecular formula is C22H26N2O5S. The summed E-state index contributed by atoms with van der Waals surface area (Å²) in [6, 6.07) is 11.8. The Kier molecular flexibility index (Phi) is 5.85. The fraction of sp³-hybridized carbons (Fsp3) is 0.409. The van der Waals surface area contributed by atoms with Crippen LogP contribution in [0.25, 0.3) is 0 Å². The van der Waals surface area contributed by atoms with E-state index in [0.717, 1.165) is 37.9 Å². The number of hydrogen-bond acceptors (Lipinski definition) is 5. The number of nitrogens with one attached hydrogen (secondary N) is 1. The Morgan fingerprint density at radius 1 is 1.10 bits per heavy atom. The lowest BCUT2D eigenvalue weighted by Gasteiger charge is -2.32. The molecule has 2 aliphatic rings. The Morgan fingerprint density at radius 2 is 1.87 bits per heavy atom. The van der Waals surface area contributed by atoms with Crippen LogP contribution in [0.15, 0.2) is 47.4 Å². The van der Waals surface area contributed by atoms with Gasteiger partial charge in [0.2, 0.25) is 6.10 Å². The third kappa shape index (κ3) is 4.23. The second-order valence-corrected chi connectivity index (χ2v) is 9.21. The molecule has 8 heteroatoms. The maximum absolute atomic E-state index is 12.9. The van der Waals surface area contributed by atoms with Gasteiger partial charge in [0, 0.05) is 19.2 Å². The van der Waals surface area contributed by atoms with E-state index in [1.807, 2.05) is 24.0 Å². The molecule has 0 saturated carbocycles. The van der Waals surface area contributed by atoms with E-state index in [1.54, 1.807) is 18.2 Å². The summed E-state index contributed by atoms with van der Waals surface area (Å²) in [6.07, 6.45) is 3.17. The molecule has 0 aliphatic carbocycles. The van der Waals surface area contributed by atoms with Crippen molar-refractivity contribution < 1.29 is 22.7 Å². The summed E-state index contributed by atoms with van der Waals surface area (Å²) < 4.78 is 39.9. The van der Waals surface area contributed by atoms with Gasteiger partial charge in [0.15, 0.2) is 11.5 Å². The fourth-order valence-electron chi connectivity index (χ4n) is 3.79. The highest BCUT2D eigenvalue weighted by atomic mass is 32.2. The molecule has 0 spiro atoms. The molecule has 0 aromatic heterocycles. The van der Waals surface area contributed by atoms with Crippen LogP contribution in [0.4, 0.5) is 5.69 Å². The zero-order valence-corrected chi connectivity index (χ0v) is 17.8. The zero-order chi connectivity index (χ0) is 21.1. The van der Waals surface area contributed by atoms with E-state index in [0.29, 0.717) is 23.6 Å². The number of carbonyl (C=O) groups is 1. The minimum absolute atomic E-state index is 0.0674. The fourth-order valence-corrected chi connectivity index (χ4v) is 4.91. The predicted octanol–water partition coefficient (Wildman–Crippen LogP) is 3.20. The van der Waals surface area contributed by atoms with Crippen molar-refractivity contribution in [2.75, 3.05) is 24.4 Å². The largest absolute Gasteiger partial charge is 0.485 e. The van der Waals surface area contributed by atoms with E-state index in [2.05, 4.69) is 4.72 Å². The lowest BCUT2D eigenvalue weighted by atomic mass is 10.1. The van der Waals surface area contributed by atoms with Crippen molar-refractivity contribution in [3.8, 4) is 11.5 Å². The van der Waals surface area contributed by atoms with Gasteiger partial charge < -0.3 is 14.4 Å². The number of para-hydroxylation sites is 1. The van der Waals surface area contributed by atoms with Crippen molar-refractivity contribution in [3.05, 3.63) is 48.0 Å². The maximum Gasteiger partial charge on any atom is 0.267 e. The summed E-state index contributed by atoms with van der Waals surface area (Å²) >= 11 is 0. The molecule has 160 valence electrons. The summed E-state index contributed by atoms with van der Waals surface area (Å²) in [5.74, 6) is 0.628. The van der Waals surface area contributed by atoms with Gasteiger partial charge in [0.1, 0.15) is 6.61 Å². The predicted molar refractivity (Wildman–Crippen MR) is 113 cm³/mol. The average Bonchev–Trinajstić information content (AvgIpc) is 2.78. The highest BCUT2D eigenvalue weighted by molar-refractivity contribution is 7.92. The number of carbonyl (C=O) groups excluding carboxylic acids is 1. The quantitative estimate of drug-likeness (QED) is 0.787. The first kappa shape index (κ1) is 20.5. The summed E-state index contributed by atoms with van der Waals surface area (Å²) in [6.45, 7) is 3.53. The Labute approximate surface area is 177 Å². The van der Waals surface area contributed by atoms with Gasteiger partial charge in [-0.2, -0.15) is 0 Å². The number of likely N-dealkylation sites (tertiary alicyclic amines) is 1. The second kappa shape index (κ2) is 8.55. The van der Waals surface area contributed by atoms with Crippen LogP contribution in [-0.4, -0.2) is 45.0 Å². The number of amides is 1.